The number of sulfonamides is 1. The van der Waals surface area contributed by atoms with Gasteiger partial charge in [-0.15, -0.1) is 0 Å². The van der Waals surface area contributed by atoms with Gasteiger partial charge in [0.25, 0.3) is 0 Å². The molecule has 0 aliphatic heterocycles. The number of hydrogen-bond donors (Lipinski definition) is 2. The van der Waals surface area contributed by atoms with Crippen molar-refractivity contribution in [1.29, 1.82) is 0 Å². The van der Waals surface area contributed by atoms with Crippen LogP contribution >= 0.6 is 0 Å². The van der Waals surface area contributed by atoms with E-state index in [0.717, 1.165) is 5.76 Å². The molecule has 0 radical (unpaired) electrons. The highest BCUT2D eigenvalue weighted by Crippen LogP contribution is 2.04. The topological polar surface area (TPSA) is 71.3 Å². The summed E-state index contributed by atoms with van der Waals surface area (Å²) in [5.74, 6) is 0.871. The van der Waals surface area contributed by atoms with Gasteiger partial charge in [-0.3, -0.25) is 0 Å². The summed E-state index contributed by atoms with van der Waals surface area (Å²) in [5.41, 5.74) is 0. The van der Waals surface area contributed by atoms with Gasteiger partial charge in [-0.25, -0.2) is 13.1 Å². The zero-order valence-electron chi connectivity index (χ0n) is 9.56. The first-order valence-corrected chi connectivity index (χ1v) is 6.85. The van der Waals surface area contributed by atoms with Crippen molar-refractivity contribution in [3.05, 3.63) is 24.2 Å². The summed E-state index contributed by atoms with van der Waals surface area (Å²) in [6.45, 7) is 2.27. The minimum Gasteiger partial charge on any atom is -0.469 e. The average Bonchev–Trinajstić information content (AvgIpc) is 2.66. The summed E-state index contributed by atoms with van der Waals surface area (Å²) in [6, 6.07) is 3.46. The quantitative estimate of drug-likeness (QED) is 0.728. The van der Waals surface area contributed by atoms with Gasteiger partial charge in [-0.2, -0.15) is 0 Å². The molecule has 0 aliphatic carbocycles. The van der Waals surface area contributed by atoms with E-state index in [2.05, 4.69) is 10.0 Å². The highest BCUT2D eigenvalue weighted by atomic mass is 32.2. The smallest absolute Gasteiger partial charge is 0.213 e. The van der Waals surface area contributed by atoms with E-state index in [0.29, 0.717) is 13.0 Å². The third-order valence-corrected chi connectivity index (χ3v) is 3.59. The SMILES string of the molecule is CNCCS(=O)(=O)NC(C)Cc1ccco1. The predicted octanol–water partition coefficient (Wildman–Crippen LogP) is 0.349. The lowest BCUT2D eigenvalue weighted by Gasteiger charge is -2.12. The Balaban J connectivity index is 2.41. The van der Waals surface area contributed by atoms with Crippen molar-refractivity contribution in [2.75, 3.05) is 19.3 Å². The van der Waals surface area contributed by atoms with E-state index >= 15 is 0 Å². The van der Waals surface area contributed by atoms with Crippen molar-refractivity contribution in [2.45, 2.75) is 19.4 Å². The molecule has 1 heterocycles. The molecule has 0 aliphatic rings. The molecule has 0 saturated carbocycles. The molecule has 0 amide bonds. The van der Waals surface area contributed by atoms with Gasteiger partial charge >= 0.3 is 0 Å². The monoisotopic (exact) mass is 246 g/mol. The molecule has 0 aromatic carbocycles. The standard InChI is InChI=1S/C10H18N2O3S/c1-9(8-10-4-3-6-15-10)12-16(13,14)7-5-11-2/h3-4,6,9,11-12H,5,7-8H2,1-2H3. The number of furan rings is 1. The molecular weight excluding hydrogens is 228 g/mol. The van der Waals surface area contributed by atoms with Crippen LogP contribution in [-0.2, 0) is 16.4 Å². The van der Waals surface area contributed by atoms with Crippen molar-refractivity contribution < 1.29 is 12.8 Å². The van der Waals surface area contributed by atoms with Crippen LogP contribution in [0.2, 0.25) is 0 Å². The molecule has 2 N–H and O–H groups in total. The fourth-order valence-corrected chi connectivity index (χ4v) is 2.66. The van der Waals surface area contributed by atoms with Crippen LogP contribution in [0.4, 0.5) is 0 Å². The molecule has 0 bridgehead atoms. The summed E-state index contributed by atoms with van der Waals surface area (Å²) >= 11 is 0. The predicted molar refractivity (Wildman–Crippen MR) is 62.7 cm³/mol. The zero-order chi connectivity index (χ0) is 12.0. The van der Waals surface area contributed by atoms with Crippen molar-refractivity contribution in [3.8, 4) is 0 Å². The van der Waals surface area contributed by atoms with Crippen molar-refractivity contribution >= 4 is 10.0 Å². The zero-order valence-corrected chi connectivity index (χ0v) is 10.4. The maximum absolute atomic E-state index is 11.5. The van der Waals surface area contributed by atoms with E-state index in [9.17, 15) is 8.42 Å². The Morgan fingerprint density at radius 1 is 1.50 bits per heavy atom. The second-order valence-corrected chi connectivity index (χ2v) is 5.60. The first-order chi connectivity index (χ1) is 7.53. The Kier molecular flexibility index (Phi) is 4.98. The lowest BCUT2D eigenvalue weighted by molar-refractivity contribution is 0.479. The van der Waals surface area contributed by atoms with Gasteiger partial charge in [0.05, 0.1) is 12.0 Å². The molecule has 6 heteroatoms. The molecule has 92 valence electrons. The van der Waals surface area contributed by atoms with Crippen LogP contribution < -0.4 is 10.0 Å². The normalized spacial score (nSPS) is 13.9. The third-order valence-electron chi connectivity index (χ3n) is 2.09. The molecule has 1 unspecified atom stereocenters. The van der Waals surface area contributed by atoms with Crippen molar-refractivity contribution in [2.24, 2.45) is 0 Å². The van der Waals surface area contributed by atoms with Crippen molar-refractivity contribution in [1.82, 2.24) is 10.0 Å². The maximum atomic E-state index is 11.5. The molecule has 0 fully saturated rings. The highest BCUT2D eigenvalue weighted by molar-refractivity contribution is 7.89. The Hall–Kier alpha value is -0.850. The van der Waals surface area contributed by atoms with Gasteiger partial charge in [0.15, 0.2) is 0 Å². The molecule has 1 aromatic heterocycles. The molecule has 16 heavy (non-hydrogen) atoms. The minimum atomic E-state index is -3.20. The highest BCUT2D eigenvalue weighted by Gasteiger charge is 2.14. The van der Waals surface area contributed by atoms with E-state index in [4.69, 9.17) is 4.42 Å². The van der Waals surface area contributed by atoms with E-state index in [-0.39, 0.29) is 11.8 Å². The minimum absolute atomic E-state index is 0.0893. The fourth-order valence-electron chi connectivity index (χ4n) is 1.37. The average molecular weight is 246 g/mol. The van der Waals surface area contributed by atoms with E-state index in [1.807, 2.05) is 13.0 Å². The van der Waals surface area contributed by atoms with Crippen molar-refractivity contribution in [3.63, 3.8) is 0 Å². The lowest BCUT2D eigenvalue weighted by Crippen LogP contribution is -2.37. The third kappa shape index (κ3) is 4.78. The van der Waals surface area contributed by atoms with Gasteiger partial charge in [-0.05, 0) is 26.1 Å². The summed E-state index contributed by atoms with van der Waals surface area (Å²) in [7, 11) is -1.48. The Morgan fingerprint density at radius 3 is 2.81 bits per heavy atom. The van der Waals surface area contributed by atoms with Crippen LogP contribution in [0.3, 0.4) is 0 Å². The molecule has 0 spiro atoms. The van der Waals surface area contributed by atoms with Crippen LogP contribution in [0, 0.1) is 0 Å². The number of rotatable bonds is 7. The Labute approximate surface area is 96.3 Å². The first-order valence-electron chi connectivity index (χ1n) is 5.20. The molecule has 1 aromatic rings. The summed E-state index contributed by atoms with van der Waals surface area (Å²) in [6.07, 6.45) is 2.14. The van der Waals surface area contributed by atoms with Gasteiger partial charge in [0.2, 0.25) is 10.0 Å². The lowest BCUT2D eigenvalue weighted by atomic mass is 10.2. The molecule has 0 saturated heterocycles. The van der Waals surface area contributed by atoms with Crippen LogP contribution in [0.5, 0.6) is 0 Å². The molecule has 5 nitrogen and oxygen atoms in total. The molecule has 1 rings (SSSR count). The second-order valence-electron chi connectivity index (χ2n) is 3.72. The number of hydrogen-bond acceptors (Lipinski definition) is 4. The van der Waals surface area contributed by atoms with Crippen LogP contribution in [0.1, 0.15) is 12.7 Å². The van der Waals surface area contributed by atoms with Gasteiger partial charge in [0, 0.05) is 19.0 Å². The van der Waals surface area contributed by atoms with Crippen LogP contribution in [-0.4, -0.2) is 33.8 Å². The second kappa shape index (κ2) is 6.03. The maximum Gasteiger partial charge on any atom is 0.213 e. The number of nitrogens with one attached hydrogen (secondary N) is 2. The molecule has 1 atom stereocenters. The van der Waals surface area contributed by atoms with Gasteiger partial charge in [-0.1, -0.05) is 0 Å². The fraction of sp³-hybridized carbons (Fsp3) is 0.600. The van der Waals surface area contributed by atoms with Crippen LogP contribution in [0.25, 0.3) is 0 Å². The van der Waals surface area contributed by atoms with E-state index in [1.165, 1.54) is 0 Å². The summed E-state index contributed by atoms with van der Waals surface area (Å²) in [4.78, 5) is 0. The Morgan fingerprint density at radius 2 is 2.25 bits per heavy atom. The van der Waals surface area contributed by atoms with E-state index < -0.39 is 10.0 Å². The summed E-state index contributed by atoms with van der Waals surface area (Å²) in [5, 5.41) is 2.80. The Bertz CT molecular complexity index is 386. The van der Waals surface area contributed by atoms with Gasteiger partial charge < -0.3 is 9.73 Å². The van der Waals surface area contributed by atoms with Crippen LogP contribution in [0.15, 0.2) is 22.8 Å². The van der Waals surface area contributed by atoms with E-state index in [1.54, 1.807) is 19.4 Å². The largest absolute Gasteiger partial charge is 0.469 e. The first kappa shape index (κ1) is 13.2. The van der Waals surface area contributed by atoms with Gasteiger partial charge in [0.1, 0.15) is 5.76 Å². The molecular formula is C10H18N2O3S. The summed E-state index contributed by atoms with van der Waals surface area (Å²) < 4.78 is 30.8.